The van der Waals surface area contributed by atoms with Gasteiger partial charge in [0.2, 0.25) is 0 Å². The van der Waals surface area contributed by atoms with Gasteiger partial charge in [-0.3, -0.25) is 9.05 Å². The highest BCUT2D eigenvalue weighted by Crippen LogP contribution is 2.47. The molecule has 0 unspecified atom stereocenters. The molecule has 0 fully saturated rings. The lowest BCUT2D eigenvalue weighted by Crippen LogP contribution is -2.02. The molecule has 0 aromatic carbocycles. The van der Waals surface area contributed by atoms with E-state index < -0.39 is 7.60 Å². The smallest absolute Gasteiger partial charge is 0.338 e. The molecular formula is C10H20NO3P. The van der Waals surface area contributed by atoms with E-state index in [0.29, 0.717) is 13.2 Å². The number of rotatable bonds is 6. The predicted octanol–water partition coefficient (Wildman–Crippen LogP) is 2.51. The molecule has 0 aromatic heterocycles. The minimum Gasteiger partial charge on any atom is -0.338 e. The lowest BCUT2D eigenvalue weighted by atomic mass is 10.5. The molecule has 0 saturated heterocycles. The van der Waals surface area contributed by atoms with E-state index in [4.69, 9.17) is 9.05 Å². The normalized spacial score (nSPS) is 10.7. The molecule has 0 aliphatic rings. The Kier molecular flexibility index (Phi) is 7.50. The van der Waals surface area contributed by atoms with Crippen molar-refractivity contribution < 1.29 is 13.6 Å². The summed E-state index contributed by atoms with van der Waals surface area (Å²) in [7, 11) is 0.341. The zero-order valence-corrected chi connectivity index (χ0v) is 10.8. The van der Waals surface area contributed by atoms with Crippen molar-refractivity contribution in [3.8, 4) is 11.7 Å². The van der Waals surface area contributed by atoms with Crippen LogP contribution < -0.4 is 0 Å². The van der Waals surface area contributed by atoms with Crippen LogP contribution in [-0.2, 0) is 13.6 Å². The first kappa shape index (κ1) is 14.5. The van der Waals surface area contributed by atoms with E-state index in [-0.39, 0.29) is 0 Å². The highest BCUT2D eigenvalue weighted by atomic mass is 31.2. The molecule has 0 aliphatic heterocycles. The Labute approximate surface area is 92.5 Å². The molecular weight excluding hydrogens is 213 g/mol. The van der Waals surface area contributed by atoms with E-state index in [9.17, 15) is 4.57 Å². The molecule has 0 atom stereocenters. The molecule has 0 N–H and O–H groups in total. The first-order chi connectivity index (χ1) is 7.04. The fourth-order valence-electron chi connectivity index (χ4n) is 0.686. The zero-order valence-electron chi connectivity index (χ0n) is 9.95. The van der Waals surface area contributed by atoms with Gasteiger partial charge in [0, 0.05) is 25.8 Å². The number of nitrogens with zero attached hydrogens (tertiary/aromatic N) is 1. The minimum absolute atomic E-state index is 0.406. The van der Waals surface area contributed by atoms with Gasteiger partial charge in [0.1, 0.15) is 0 Å². The van der Waals surface area contributed by atoms with E-state index in [1.54, 1.807) is 19.0 Å². The second kappa shape index (κ2) is 7.76. The van der Waals surface area contributed by atoms with Crippen molar-refractivity contribution in [2.45, 2.75) is 26.7 Å². The Hall–Kier alpha value is -0.490. The second-order valence-electron chi connectivity index (χ2n) is 3.28. The molecule has 0 aromatic rings. The summed E-state index contributed by atoms with van der Waals surface area (Å²) in [4.78, 5) is 1.62. The Balaban J connectivity index is 4.42. The van der Waals surface area contributed by atoms with E-state index >= 15 is 0 Å². The summed E-state index contributed by atoms with van der Waals surface area (Å²) in [5.74, 6) is 0. The maximum absolute atomic E-state index is 12.0. The second-order valence-corrected chi connectivity index (χ2v) is 5.02. The molecule has 0 amide bonds. The van der Waals surface area contributed by atoms with Gasteiger partial charge in [-0.05, 0) is 12.8 Å². The van der Waals surface area contributed by atoms with Gasteiger partial charge in [0.15, 0.2) is 0 Å². The third-order valence-corrected chi connectivity index (χ3v) is 2.76. The van der Waals surface area contributed by atoms with Gasteiger partial charge in [0.25, 0.3) is 0 Å². The van der Waals surface area contributed by atoms with Crippen molar-refractivity contribution in [3.63, 3.8) is 0 Å². The topological polar surface area (TPSA) is 38.8 Å². The molecule has 0 radical (unpaired) electrons. The summed E-state index contributed by atoms with van der Waals surface area (Å²) in [5, 5.41) is 0. The lowest BCUT2D eigenvalue weighted by Gasteiger charge is -2.12. The molecule has 0 rings (SSSR count). The summed E-state index contributed by atoms with van der Waals surface area (Å²) in [5.41, 5.74) is 2.55. The molecule has 0 bridgehead atoms. The van der Waals surface area contributed by atoms with Gasteiger partial charge < -0.3 is 4.90 Å². The standard InChI is InChI=1S/C10H20NO3P/c1-5-8-13-15(12,14-9-6-2)10-7-11(3)4/h5-6,8-9H2,1-4H3. The summed E-state index contributed by atoms with van der Waals surface area (Å²) in [6.07, 6.45) is 1.59. The molecule has 5 heteroatoms. The van der Waals surface area contributed by atoms with Crippen LogP contribution in [0.15, 0.2) is 0 Å². The van der Waals surface area contributed by atoms with Crippen LogP contribution in [-0.4, -0.2) is 32.2 Å². The van der Waals surface area contributed by atoms with Gasteiger partial charge in [-0.2, -0.15) is 0 Å². The molecule has 0 heterocycles. The Morgan fingerprint density at radius 2 is 1.60 bits per heavy atom. The van der Waals surface area contributed by atoms with Crippen LogP contribution in [0.5, 0.6) is 0 Å². The van der Waals surface area contributed by atoms with Crippen LogP contribution in [0.4, 0.5) is 0 Å². The SMILES string of the molecule is CCCOP(=O)(C#CN(C)C)OCCC. The van der Waals surface area contributed by atoms with Crippen molar-refractivity contribution in [2.24, 2.45) is 0 Å². The molecule has 0 aliphatic carbocycles. The van der Waals surface area contributed by atoms with Gasteiger partial charge in [-0.15, -0.1) is 0 Å². The fraction of sp³-hybridized carbons (Fsp3) is 0.800. The van der Waals surface area contributed by atoms with E-state index in [2.05, 4.69) is 11.7 Å². The largest absolute Gasteiger partial charge is 0.407 e. The lowest BCUT2D eigenvalue weighted by molar-refractivity contribution is 0.214. The predicted molar refractivity (Wildman–Crippen MR) is 61.6 cm³/mol. The Morgan fingerprint density at radius 3 is 1.93 bits per heavy atom. The van der Waals surface area contributed by atoms with Crippen molar-refractivity contribution in [1.29, 1.82) is 0 Å². The summed E-state index contributed by atoms with van der Waals surface area (Å²) in [6, 6.07) is 2.67. The summed E-state index contributed by atoms with van der Waals surface area (Å²) in [6.45, 7) is 4.71. The Bertz CT molecular complexity index is 256. The maximum atomic E-state index is 12.0. The van der Waals surface area contributed by atoms with Crippen LogP contribution >= 0.6 is 7.60 Å². The van der Waals surface area contributed by atoms with Crippen LogP contribution in [0.3, 0.4) is 0 Å². The summed E-state index contributed by atoms with van der Waals surface area (Å²) >= 11 is 0. The minimum atomic E-state index is -3.21. The maximum Gasteiger partial charge on any atom is 0.407 e. The first-order valence-corrected chi connectivity index (χ1v) is 6.67. The Morgan fingerprint density at radius 1 is 1.13 bits per heavy atom. The van der Waals surface area contributed by atoms with Gasteiger partial charge in [-0.1, -0.05) is 13.8 Å². The van der Waals surface area contributed by atoms with E-state index in [0.717, 1.165) is 12.8 Å². The molecule has 0 spiro atoms. The van der Waals surface area contributed by atoms with E-state index in [1.807, 2.05) is 13.8 Å². The van der Waals surface area contributed by atoms with Crippen LogP contribution in [0.2, 0.25) is 0 Å². The van der Waals surface area contributed by atoms with Gasteiger partial charge in [0.05, 0.1) is 13.2 Å². The number of hydrogen-bond acceptors (Lipinski definition) is 4. The van der Waals surface area contributed by atoms with Crippen molar-refractivity contribution in [2.75, 3.05) is 27.3 Å². The van der Waals surface area contributed by atoms with Gasteiger partial charge >= 0.3 is 7.60 Å². The average Bonchev–Trinajstić information content (AvgIpc) is 2.21. The molecule has 0 saturated carbocycles. The highest BCUT2D eigenvalue weighted by Gasteiger charge is 2.20. The first-order valence-electron chi connectivity index (χ1n) is 5.13. The molecule has 88 valence electrons. The average molecular weight is 233 g/mol. The highest BCUT2D eigenvalue weighted by molar-refractivity contribution is 7.59. The molecule has 15 heavy (non-hydrogen) atoms. The zero-order chi connectivity index (χ0) is 11.7. The molecule has 4 nitrogen and oxygen atoms in total. The third-order valence-electron chi connectivity index (χ3n) is 1.34. The fourth-order valence-corrected chi connectivity index (χ4v) is 2.06. The van der Waals surface area contributed by atoms with E-state index in [1.165, 1.54) is 0 Å². The monoisotopic (exact) mass is 233 g/mol. The third kappa shape index (κ3) is 7.44. The quantitative estimate of drug-likeness (QED) is 0.401. The van der Waals surface area contributed by atoms with Gasteiger partial charge in [-0.25, -0.2) is 4.57 Å². The number of hydrogen-bond donors (Lipinski definition) is 0. The van der Waals surface area contributed by atoms with Crippen LogP contribution in [0.1, 0.15) is 26.7 Å². The van der Waals surface area contributed by atoms with Crippen molar-refractivity contribution in [3.05, 3.63) is 0 Å². The van der Waals surface area contributed by atoms with Crippen molar-refractivity contribution >= 4 is 7.60 Å². The van der Waals surface area contributed by atoms with Crippen LogP contribution in [0.25, 0.3) is 0 Å². The summed E-state index contributed by atoms with van der Waals surface area (Å²) < 4.78 is 22.3. The van der Waals surface area contributed by atoms with Crippen LogP contribution in [0, 0.1) is 11.7 Å². The van der Waals surface area contributed by atoms with Crippen molar-refractivity contribution in [1.82, 2.24) is 4.90 Å².